The second-order valence-corrected chi connectivity index (χ2v) is 5.71. The van der Waals surface area contributed by atoms with Crippen molar-refractivity contribution in [3.05, 3.63) is 11.5 Å². The molecular weight excluding hydrogens is 270 g/mol. The van der Waals surface area contributed by atoms with Crippen molar-refractivity contribution in [1.82, 2.24) is 10.3 Å². The lowest BCUT2D eigenvalue weighted by molar-refractivity contribution is -0.00233. The molecule has 6 nitrogen and oxygen atoms in total. The Morgan fingerprint density at radius 3 is 2.81 bits per heavy atom. The molecule has 0 aliphatic heterocycles. The predicted molar refractivity (Wildman–Crippen MR) is 80.4 cm³/mol. The minimum Gasteiger partial charge on any atom is -0.428 e. The molecule has 1 heterocycles. The van der Waals surface area contributed by atoms with Crippen molar-refractivity contribution in [2.45, 2.75) is 52.6 Å². The summed E-state index contributed by atoms with van der Waals surface area (Å²) in [5.41, 5.74) is 0.778. The number of aryl methyl sites for hydroxylation is 2. The van der Waals surface area contributed by atoms with E-state index in [0.717, 1.165) is 12.1 Å². The molecule has 2 atom stereocenters. The molecule has 1 aromatic heterocycles. The maximum atomic E-state index is 11.7. The second-order valence-electron chi connectivity index (χ2n) is 5.71. The SMILES string of the molecule is Cc1nc(NC(=O)NCCO[C@@H]2CCCC[C@@H]2C)oc1C. The van der Waals surface area contributed by atoms with Crippen LogP contribution in [0.25, 0.3) is 0 Å². The van der Waals surface area contributed by atoms with Crippen LogP contribution in [0.3, 0.4) is 0 Å². The van der Waals surface area contributed by atoms with Crippen molar-refractivity contribution in [3.8, 4) is 0 Å². The fourth-order valence-electron chi connectivity index (χ4n) is 2.57. The lowest BCUT2D eigenvalue weighted by Gasteiger charge is -2.28. The molecule has 2 rings (SSSR count). The van der Waals surface area contributed by atoms with Crippen LogP contribution in [0.15, 0.2) is 4.42 Å². The third kappa shape index (κ3) is 4.74. The van der Waals surface area contributed by atoms with Crippen LogP contribution in [0.2, 0.25) is 0 Å². The molecule has 0 saturated heterocycles. The summed E-state index contributed by atoms with van der Waals surface area (Å²) in [6.45, 7) is 6.89. The fraction of sp³-hybridized carbons (Fsp3) is 0.733. The van der Waals surface area contributed by atoms with E-state index in [9.17, 15) is 4.79 Å². The highest BCUT2D eigenvalue weighted by Crippen LogP contribution is 2.25. The number of carbonyl (C=O) groups is 1. The van der Waals surface area contributed by atoms with Gasteiger partial charge in [0.2, 0.25) is 0 Å². The van der Waals surface area contributed by atoms with Crippen LogP contribution >= 0.6 is 0 Å². The highest BCUT2D eigenvalue weighted by Gasteiger charge is 2.21. The Balaban J connectivity index is 1.63. The van der Waals surface area contributed by atoms with Gasteiger partial charge < -0.3 is 14.5 Å². The van der Waals surface area contributed by atoms with E-state index in [4.69, 9.17) is 9.15 Å². The Morgan fingerprint density at radius 1 is 1.38 bits per heavy atom. The Kier molecular flexibility index (Phi) is 5.61. The molecule has 6 heteroatoms. The standard InChI is InChI=1S/C15H25N3O3/c1-10-6-4-5-7-13(10)20-9-8-16-14(19)18-15-17-11(2)12(3)21-15/h10,13H,4-9H2,1-3H3,(H2,16,17,18,19)/t10-,13+/m0/s1. The van der Waals surface area contributed by atoms with Gasteiger partial charge in [-0.25, -0.2) is 4.79 Å². The number of nitrogens with one attached hydrogen (secondary N) is 2. The van der Waals surface area contributed by atoms with Gasteiger partial charge in [0.05, 0.1) is 18.4 Å². The molecule has 0 radical (unpaired) electrons. The molecule has 1 fully saturated rings. The largest absolute Gasteiger partial charge is 0.428 e. The van der Waals surface area contributed by atoms with Crippen molar-refractivity contribution in [3.63, 3.8) is 0 Å². The van der Waals surface area contributed by atoms with Crippen molar-refractivity contribution in [1.29, 1.82) is 0 Å². The number of ether oxygens (including phenoxy) is 1. The minimum atomic E-state index is -0.323. The monoisotopic (exact) mass is 295 g/mol. The van der Waals surface area contributed by atoms with Crippen LogP contribution in [-0.4, -0.2) is 30.3 Å². The molecular formula is C15H25N3O3. The minimum absolute atomic E-state index is 0.226. The highest BCUT2D eigenvalue weighted by atomic mass is 16.5. The van der Waals surface area contributed by atoms with E-state index in [2.05, 4.69) is 22.5 Å². The number of aromatic nitrogens is 1. The second kappa shape index (κ2) is 7.45. The van der Waals surface area contributed by atoms with E-state index >= 15 is 0 Å². The van der Waals surface area contributed by atoms with Crippen molar-refractivity contribution < 1.29 is 13.9 Å². The number of nitrogens with zero attached hydrogens (tertiary/aromatic N) is 1. The molecule has 1 saturated carbocycles. The summed E-state index contributed by atoms with van der Waals surface area (Å²) >= 11 is 0. The number of hydrogen-bond donors (Lipinski definition) is 2. The maximum Gasteiger partial charge on any atom is 0.322 e. The first-order valence-electron chi connectivity index (χ1n) is 7.66. The van der Waals surface area contributed by atoms with Crippen LogP contribution in [-0.2, 0) is 4.74 Å². The van der Waals surface area contributed by atoms with Gasteiger partial charge in [0, 0.05) is 6.54 Å². The van der Waals surface area contributed by atoms with Gasteiger partial charge >= 0.3 is 12.0 Å². The number of hydrogen-bond acceptors (Lipinski definition) is 4. The van der Waals surface area contributed by atoms with E-state index in [1.165, 1.54) is 19.3 Å². The summed E-state index contributed by atoms with van der Waals surface area (Å²) in [4.78, 5) is 15.8. The topological polar surface area (TPSA) is 76.4 Å². The third-order valence-corrected chi connectivity index (χ3v) is 4.00. The zero-order chi connectivity index (χ0) is 15.2. The average Bonchev–Trinajstić information content (AvgIpc) is 2.75. The van der Waals surface area contributed by atoms with Gasteiger partial charge in [0.15, 0.2) is 0 Å². The Labute approximate surface area is 125 Å². The molecule has 118 valence electrons. The molecule has 2 N–H and O–H groups in total. The first kappa shape index (κ1) is 15.8. The normalized spacial score (nSPS) is 22.0. The predicted octanol–water partition coefficient (Wildman–Crippen LogP) is 3.01. The molecule has 21 heavy (non-hydrogen) atoms. The van der Waals surface area contributed by atoms with E-state index in [1.54, 1.807) is 0 Å². The van der Waals surface area contributed by atoms with Crippen LogP contribution in [0.1, 0.15) is 44.1 Å². The molecule has 1 aromatic rings. The van der Waals surface area contributed by atoms with Gasteiger partial charge in [0.1, 0.15) is 5.76 Å². The summed E-state index contributed by atoms with van der Waals surface area (Å²) in [7, 11) is 0. The highest BCUT2D eigenvalue weighted by molar-refractivity contribution is 5.86. The Hall–Kier alpha value is -1.56. The molecule has 2 amide bonds. The van der Waals surface area contributed by atoms with Crippen molar-refractivity contribution >= 4 is 12.0 Å². The smallest absolute Gasteiger partial charge is 0.322 e. The van der Waals surface area contributed by atoms with E-state index < -0.39 is 0 Å². The number of anilines is 1. The van der Waals surface area contributed by atoms with E-state index in [-0.39, 0.29) is 12.0 Å². The Bertz CT molecular complexity index is 453. The van der Waals surface area contributed by atoms with E-state index in [1.807, 2.05) is 13.8 Å². The van der Waals surface area contributed by atoms with Gasteiger partial charge in [-0.15, -0.1) is 0 Å². The van der Waals surface area contributed by atoms with Crippen molar-refractivity contribution in [2.75, 3.05) is 18.5 Å². The average molecular weight is 295 g/mol. The Morgan fingerprint density at radius 2 is 2.14 bits per heavy atom. The van der Waals surface area contributed by atoms with Gasteiger partial charge in [-0.1, -0.05) is 19.8 Å². The maximum absolute atomic E-state index is 11.7. The van der Waals surface area contributed by atoms with Crippen LogP contribution in [0.4, 0.5) is 10.8 Å². The molecule has 0 unspecified atom stereocenters. The van der Waals surface area contributed by atoms with Gasteiger partial charge in [0.25, 0.3) is 0 Å². The summed E-state index contributed by atoms with van der Waals surface area (Å²) in [6.07, 6.45) is 5.24. The number of urea groups is 1. The number of oxazole rings is 1. The van der Waals surface area contributed by atoms with Gasteiger partial charge in [-0.05, 0) is 32.6 Å². The number of carbonyl (C=O) groups excluding carboxylic acids is 1. The quantitative estimate of drug-likeness (QED) is 0.819. The number of rotatable bonds is 5. The van der Waals surface area contributed by atoms with Gasteiger partial charge in [-0.3, -0.25) is 5.32 Å². The molecule has 0 spiro atoms. The first-order valence-corrected chi connectivity index (χ1v) is 7.66. The third-order valence-electron chi connectivity index (χ3n) is 4.00. The van der Waals surface area contributed by atoms with Crippen LogP contribution in [0.5, 0.6) is 0 Å². The zero-order valence-electron chi connectivity index (χ0n) is 13.1. The summed E-state index contributed by atoms with van der Waals surface area (Å²) in [6, 6.07) is -0.0964. The summed E-state index contributed by atoms with van der Waals surface area (Å²) in [5, 5.41) is 5.31. The lowest BCUT2D eigenvalue weighted by Crippen LogP contribution is -2.34. The molecule has 0 bridgehead atoms. The summed E-state index contributed by atoms with van der Waals surface area (Å²) in [5.74, 6) is 1.32. The molecule has 0 aromatic carbocycles. The molecule has 1 aliphatic rings. The first-order chi connectivity index (χ1) is 10.1. The zero-order valence-corrected chi connectivity index (χ0v) is 13.1. The number of amides is 2. The summed E-state index contributed by atoms with van der Waals surface area (Å²) < 4.78 is 11.1. The fourth-order valence-corrected chi connectivity index (χ4v) is 2.57. The van der Waals surface area contributed by atoms with E-state index in [0.29, 0.717) is 30.9 Å². The van der Waals surface area contributed by atoms with Gasteiger partial charge in [-0.2, -0.15) is 4.98 Å². The van der Waals surface area contributed by atoms with Crippen LogP contribution in [0, 0.1) is 19.8 Å². The molecule has 1 aliphatic carbocycles. The van der Waals surface area contributed by atoms with Crippen LogP contribution < -0.4 is 10.6 Å². The lowest BCUT2D eigenvalue weighted by atomic mass is 9.88. The van der Waals surface area contributed by atoms with Crippen molar-refractivity contribution in [2.24, 2.45) is 5.92 Å².